The lowest BCUT2D eigenvalue weighted by molar-refractivity contribution is -0.120. The number of hydrogen-bond acceptors (Lipinski definition) is 5. The molecule has 1 heterocycles. The second-order valence-corrected chi connectivity index (χ2v) is 8.02. The number of carbonyl (C=O) groups is 2. The Morgan fingerprint density at radius 3 is 1.79 bits per heavy atom. The van der Waals surface area contributed by atoms with Gasteiger partial charge in [-0.3, -0.25) is 9.59 Å². The molecular weight excluding hydrogens is 416 g/mol. The topological polar surface area (TPSA) is 67.9 Å². The summed E-state index contributed by atoms with van der Waals surface area (Å²) in [4.78, 5) is 28.2. The van der Waals surface area contributed by atoms with Crippen molar-refractivity contribution >= 4 is 28.8 Å². The fraction of sp³-hybridized carbons (Fsp3) is 0.185. The number of hydrogen-bond donors (Lipinski definition) is 1. The minimum absolute atomic E-state index is 0.235. The molecule has 4 rings (SSSR count). The molecule has 0 fully saturated rings. The number of nitrogens with one attached hydrogen (secondary N) is 1. The van der Waals surface area contributed by atoms with Crippen molar-refractivity contribution in [3.8, 4) is 11.5 Å². The maximum Gasteiger partial charge on any atom is 0.282 e. The van der Waals surface area contributed by atoms with Gasteiger partial charge in [-0.15, -0.1) is 0 Å². The van der Waals surface area contributed by atoms with Crippen LogP contribution in [0.15, 0.2) is 78.5 Å². The molecule has 3 aromatic carbocycles. The van der Waals surface area contributed by atoms with Crippen LogP contribution in [0.25, 0.3) is 5.57 Å². The van der Waals surface area contributed by atoms with Crippen molar-refractivity contribution in [3.63, 3.8) is 0 Å². The summed E-state index contributed by atoms with van der Waals surface area (Å²) in [6, 6.07) is 21.8. The van der Waals surface area contributed by atoms with Gasteiger partial charge < -0.3 is 14.8 Å². The third kappa shape index (κ3) is 4.32. The normalized spacial score (nSPS) is 13.7. The Hall–Kier alpha value is -4.06. The average molecular weight is 443 g/mol. The SMILES string of the molecule is COc1ccc(C2=C(Nc3ccc(C(C)C)cc3)C(=O)N(c3ccc(OC)cc3)C2=O)cc1. The maximum absolute atomic E-state index is 13.5. The summed E-state index contributed by atoms with van der Waals surface area (Å²) in [5, 5.41) is 3.20. The van der Waals surface area contributed by atoms with Gasteiger partial charge in [0.2, 0.25) is 0 Å². The van der Waals surface area contributed by atoms with E-state index in [1.54, 1.807) is 62.8 Å². The number of nitrogens with zero attached hydrogens (tertiary/aromatic N) is 1. The third-order valence-corrected chi connectivity index (χ3v) is 5.64. The van der Waals surface area contributed by atoms with Crippen LogP contribution in [-0.4, -0.2) is 26.0 Å². The minimum Gasteiger partial charge on any atom is -0.497 e. The number of methoxy groups -OCH3 is 2. The monoisotopic (exact) mass is 442 g/mol. The second-order valence-electron chi connectivity index (χ2n) is 8.02. The molecule has 0 saturated heterocycles. The van der Waals surface area contributed by atoms with E-state index in [4.69, 9.17) is 9.47 Å². The predicted molar refractivity (Wildman–Crippen MR) is 130 cm³/mol. The molecule has 6 heteroatoms. The highest BCUT2D eigenvalue weighted by atomic mass is 16.5. The molecule has 1 aliphatic rings. The molecular formula is C27H26N2O4. The van der Waals surface area contributed by atoms with E-state index in [0.717, 1.165) is 5.69 Å². The number of carbonyl (C=O) groups excluding carboxylic acids is 2. The van der Waals surface area contributed by atoms with Gasteiger partial charge in [-0.25, -0.2) is 4.90 Å². The van der Waals surface area contributed by atoms with Crippen molar-refractivity contribution in [1.82, 2.24) is 0 Å². The molecule has 168 valence electrons. The van der Waals surface area contributed by atoms with E-state index in [0.29, 0.717) is 34.2 Å². The van der Waals surface area contributed by atoms with Crippen LogP contribution >= 0.6 is 0 Å². The van der Waals surface area contributed by atoms with Crippen LogP contribution in [0.5, 0.6) is 11.5 Å². The van der Waals surface area contributed by atoms with E-state index in [1.807, 2.05) is 24.3 Å². The molecule has 0 aliphatic carbocycles. The van der Waals surface area contributed by atoms with Crippen LogP contribution in [0.1, 0.15) is 30.9 Å². The standard InChI is InChI=1S/C27H26N2O4/c1-17(2)18-5-9-20(10-6-18)28-25-24(19-7-13-22(32-3)14-8-19)26(30)29(27(25)31)21-11-15-23(33-4)16-12-21/h5-17,28H,1-4H3. The van der Waals surface area contributed by atoms with Crippen molar-refractivity contribution in [1.29, 1.82) is 0 Å². The fourth-order valence-electron chi connectivity index (χ4n) is 3.73. The summed E-state index contributed by atoms with van der Waals surface area (Å²) in [6.45, 7) is 4.25. The fourth-order valence-corrected chi connectivity index (χ4v) is 3.73. The molecule has 33 heavy (non-hydrogen) atoms. The van der Waals surface area contributed by atoms with Gasteiger partial charge in [0.25, 0.3) is 11.8 Å². The maximum atomic E-state index is 13.5. The lowest BCUT2D eigenvalue weighted by Crippen LogP contribution is -2.32. The number of imide groups is 1. The minimum atomic E-state index is -0.413. The third-order valence-electron chi connectivity index (χ3n) is 5.64. The van der Waals surface area contributed by atoms with E-state index in [9.17, 15) is 9.59 Å². The molecule has 0 radical (unpaired) electrons. The summed E-state index contributed by atoms with van der Waals surface area (Å²) >= 11 is 0. The quantitative estimate of drug-likeness (QED) is 0.508. The first-order chi connectivity index (χ1) is 15.9. The molecule has 0 atom stereocenters. The summed E-state index contributed by atoms with van der Waals surface area (Å²) in [6.07, 6.45) is 0. The molecule has 0 aromatic heterocycles. The predicted octanol–water partition coefficient (Wildman–Crippen LogP) is 5.22. The van der Waals surface area contributed by atoms with E-state index >= 15 is 0 Å². The van der Waals surface area contributed by atoms with Crippen LogP contribution in [0.2, 0.25) is 0 Å². The summed E-state index contributed by atoms with van der Waals surface area (Å²) < 4.78 is 10.4. The van der Waals surface area contributed by atoms with Crippen LogP contribution in [0, 0.1) is 0 Å². The van der Waals surface area contributed by atoms with Gasteiger partial charge in [0, 0.05) is 5.69 Å². The first-order valence-electron chi connectivity index (χ1n) is 10.7. The highest BCUT2D eigenvalue weighted by Crippen LogP contribution is 2.35. The smallest absolute Gasteiger partial charge is 0.282 e. The van der Waals surface area contributed by atoms with E-state index in [1.165, 1.54) is 10.5 Å². The molecule has 0 unspecified atom stereocenters. The summed E-state index contributed by atoms with van der Waals surface area (Å²) in [7, 11) is 3.15. The molecule has 1 aliphatic heterocycles. The van der Waals surface area contributed by atoms with Gasteiger partial charge in [-0.1, -0.05) is 38.1 Å². The molecule has 0 spiro atoms. The molecule has 3 aromatic rings. The lowest BCUT2D eigenvalue weighted by atomic mass is 10.0. The van der Waals surface area contributed by atoms with Crippen molar-refractivity contribution in [3.05, 3.63) is 89.6 Å². The van der Waals surface area contributed by atoms with Gasteiger partial charge in [-0.05, 0) is 65.6 Å². The van der Waals surface area contributed by atoms with Crippen molar-refractivity contribution < 1.29 is 19.1 Å². The number of amides is 2. The first kappa shape index (κ1) is 22.1. The lowest BCUT2D eigenvalue weighted by Gasteiger charge is -2.16. The Morgan fingerprint density at radius 2 is 1.27 bits per heavy atom. The molecule has 1 N–H and O–H groups in total. The number of rotatable bonds is 7. The van der Waals surface area contributed by atoms with Crippen molar-refractivity contribution in [2.24, 2.45) is 0 Å². The Morgan fingerprint density at radius 1 is 0.727 bits per heavy atom. The Labute approximate surface area is 193 Å². The van der Waals surface area contributed by atoms with Crippen molar-refractivity contribution in [2.45, 2.75) is 19.8 Å². The number of benzene rings is 3. The first-order valence-corrected chi connectivity index (χ1v) is 10.7. The Kier molecular flexibility index (Phi) is 6.18. The van der Waals surface area contributed by atoms with Crippen LogP contribution < -0.4 is 19.7 Å². The molecule has 6 nitrogen and oxygen atoms in total. The second kappa shape index (κ2) is 9.20. The average Bonchev–Trinajstić information content (AvgIpc) is 3.08. The molecule has 2 amide bonds. The van der Waals surface area contributed by atoms with E-state index < -0.39 is 11.8 Å². The summed E-state index contributed by atoms with van der Waals surface area (Å²) in [5.74, 6) is 0.903. The summed E-state index contributed by atoms with van der Waals surface area (Å²) in [5.41, 5.74) is 3.58. The number of anilines is 2. The Bertz CT molecular complexity index is 1190. The van der Waals surface area contributed by atoms with Gasteiger partial charge >= 0.3 is 0 Å². The number of ether oxygens (including phenoxy) is 2. The van der Waals surface area contributed by atoms with Crippen molar-refractivity contribution in [2.75, 3.05) is 24.4 Å². The van der Waals surface area contributed by atoms with E-state index in [2.05, 4.69) is 19.2 Å². The molecule has 0 saturated carbocycles. The zero-order chi connectivity index (χ0) is 23.5. The van der Waals surface area contributed by atoms with E-state index in [-0.39, 0.29) is 5.70 Å². The van der Waals surface area contributed by atoms with Crippen LogP contribution in [-0.2, 0) is 9.59 Å². The zero-order valence-corrected chi connectivity index (χ0v) is 19.1. The molecule has 0 bridgehead atoms. The van der Waals surface area contributed by atoms with Crippen LogP contribution in [0.3, 0.4) is 0 Å². The van der Waals surface area contributed by atoms with Crippen LogP contribution in [0.4, 0.5) is 11.4 Å². The zero-order valence-electron chi connectivity index (χ0n) is 19.1. The van der Waals surface area contributed by atoms with Gasteiger partial charge in [0.15, 0.2) is 0 Å². The Balaban J connectivity index is 1.76. The highest BCUT2D eigenvalue weighted by molar-refractivity contribution is 6.46. The van der Waals surface area contributed by atoms with Gasteiger partial charge in [0.05, 0.1) is 25.5 Å². The highest BCUT2D eigenvalue weighted by Gasteiger charge is 2.40. The largest absolute Gasteiger partial charge is 0.497 e. The van der Waals surface area contributed by atoms with Gasteiger partial charge in [0.1, 0.15) is 17.2 Å². The van der Waals surface area contributed by atoms with Gasteiger partial charge in [-0.2, -0.15) is 0 Å².